The maximum atomic E-state index is 12.3. The van der Waals surface area contributed by atoms with Crippen LogP contribution in [0, 0.1) is 5.41 Å². The highest BCUT2D eigenvalue weighted by Crippen LogP contribution is 2.14. The number of carbonyl (C=O) groups is 1. The zero-order valence-corrected chi connectivity index (χ0v) is 12.1. The molecule has 21 heavy (non-hydrogen) atoms. The molecule has 6 heteroatoms. The van der Waals surface area contributed by atoms with Gasteiger partial charge in [-0.05, 0) is 12.1 Å². The molecule has 1 amide bonds. The molecule has 1 heterocycles. The number of allylic oxidation sites excluding steroid dienone is 1. The monoisotopic (exact) mass is 288 g/mol. The van der Waals surface area contributed by atoms with Gasteiger partial charge in [0.15, 0.2) is 0 Å². The van der Waals surface area contributed by atoms with E-state index in [-0.39, 0.29) is 11.7 Å². The molecule has 2 rings (SSSR count). The van der Waals surface area contributed by atoms with E-state index >= 15 is 0 Å². The largest absolute Gasteiger partial charge is 0.490 e. The van der Waals surface area contributed by atoms with E-state index in [1.165, 1.54) is 13.3 Å². The summed E-state index contributed by atoms with van der Waals surface area (Å²) in [5, 5.41) is 13.6. The number of hydrogen-bond donors (Lipinski definition) is 3. The normalized spacial score (nSPS) is 16.0. The SMILES string of the molecule is CO/C(C(=O)Nc1ccccc1)=C(/C=N)N1CCNCC1. The number of nitrogens with zero attached hydrogens (tertiary/aromatic N) is 1. The average molecular weight is 288 g/mol. The zero-order chi connectivity index (χ0) is 15.1. The van der Waals surface area contributed by atoms with Gasteiger partial charge in [0.2, 0.25) is 5.76 Å². The number of para-hydroxylation sites is 1. The first kappa shape index (κ1) is 15.1. The fourth-order valence-corrected chi connectivity index (χ4v) is 2.23. The lowest BCUT2D eigenvalue weighted by Gasteiger charge is -2.30. The summed E-state index contributed by atoms with van der Waals surface area (Å²) in [5.41, 5.74) is 1.20. The minimum Gasteiger partial charge on any atom is -0.490 e. The highest BCUT2D eigenvalue weighted by Gasteiger charge is 2.21. The van der Waals surface area contributed by atoms with Gasteiger partial charge >= 0.3 is 0 Å². The minimum absolute atomic E-state index is 0.163. The molecule has 1 aromatic carbocycles. The number of ether oxygens (including phenoxy) is 1. The number of benzene rings is 1. The van der Waals surface area contributed by atoms with Crippen LogP contribution in [0.5, 0.6) is 0 Å². The number of amides is 1. The van der Waals surface area contributed by atoms with E-state index < -0.39 is 0 Å². The summed E-state index contributed by atoms with van der Waals surface area (Å²) >= 11 is 0. The zero-order valence-electron chi connectivity index (χ0n) is 12.1. The highest BCUT2D eigenvalue weighted by molar-refractivity contribution is 6.05. The van der Waals surface area contributed by atoms with Crippen molar-refractivity contribution in [2.24, 2.45) is 0 Å². The molecule has 1 saturated heterocycles. The van der Waals surface area contributed by atoms with E-state index in [1.54, 1.807) is 12.1 Å². The van der Waals surface area contributed by atoms with Gasteiger partial charge in [-0.25, -0.2) is 0 Å². The Kier molecular flexibility index (Phi) is 5.34. The van der Waals surface area contributed by atoms with E-state index in [0.717, 1.165) is 26.2 Å². The van der Waals surface area contributed by atoms with E-state index in [0.29, 0.717) is 11.4 Å². The fourth-order valence-electron chi connectivity index (χ4n) is 2.23. The van der Waals surface area contributed by atoms with Crippen molar-refractivity contribution >= 4 is 17.8 Å². The lowest BCUT2D eigenvalue weighted by molar-refractivity contribution is -0.115. The molecule has 1 fully saturated rings. The van der Waals surface area contributed by atoms with Crippen molar-refractivity contribution in [3.63, 3.8) is 0 Å². The molecular weight excluding hydrogens is 268 g/mol. The molecule has 1 aliphatic heterocycles. The Morgan fingerprint density at radius 2 is 2.00 bits per heavy atom. The van der Waals surface area contributed by atoms with Gasteiger partial charge in [0.05, 0.1) is 7.11 Å². The average Bonchev–Trinajstić information content (AvgIpc) is 2.54. The van der Waals surface area contributed by atoms with Gasteiger partial charge < -0.3 is 25.7 Å². The van der Waals surface area contributed by atoms with Gasteiger partial charge in [0, 0.05) is 38.1 Å². The minimum atomic E-state index is -0.347. The Labute approximate surface area is 124 Å². The summed E-state index contributed by atoms with van der Waals surface area (Å²) in [4.78, 5) is 14.3. The van der Waals surface area contributed by atoms with Gasteiger partial charge in [0.25, 0.3) is 5.91 Å². The number of methoxy groups -OCH3 is 1. The van der Waals surface area contributed by atoms with E-state index in [9.17, 15) is 4.79 Å². The Morgan fingerprint density at radius 3 is 2.57 bits per heavy atom. The van der Waals surface area contributed by atoms with Crippen molar-refractivity contribution in [2.45, 2.75) is 0 Å². The first-order chi connectivity index (χ1) is 10.3. The van der Waals surface area contributed by atoms with Crippen LogP contribution in [-0.2, 0) is 9.53 Å². The lowest BCUT2D eigenvalue weighted by atomic mass is 10.2. The predicted molar refractivity (Wildman–Crippen MR) is 82.3 cm³/mol. The van der Waals surface area contributed by atoms with Crippen LogP contribution in [0.15, 0.2) is 41.8 Å². The third-order valence-electron chi connectivity index (χ3n) is 3.27. The summed E-state index contributed by atoms with van der Waals surface area (Å²) in [6, 6.07) is 9.19. The predicted octanol–water partition coefficient (Wildman–Crippen LogP) is 1.04. The van der Waals surface area contributed by atoms with Crippen LogP contribution in [0.25, 0.3) is 0 Å². The van der Waals surface area contributed by atoms with Crippen molar-refractivity contribution in [3.8, 4) is 0 Å². The lowest BCUT2D eigenvalue weighted by Crippen LogP contribution is -2.44. The number of nitrogens with one attached hydrogen (secondary N) is 3. The van der Waals surface area contributed by atoms with Crippen molar-refractivity contribution < 1.29 is 9.53 Å². The first-order valence-electron chi connectivity index (χ1n) is 6.87. The molecule has 0 radical (unpaired) electrons. The van der Waals surface area contributed by atoms with Crippen LogP contribution in [0.1, 0.15) is 0 Å². The van der Waals surface area contributed by atoms with Crippen molar-refractivity contribution in [1.82, 2.24) is 10.2 Å². The van der Waals surface area contributed by atoms with Crippen LogP contribution in [0.3, 0.4) is 0 Å². The van der Waals surface area contributed by atoms with E-state index in [2.05, 4.69) is 10.6 Å². The quantitative estimate of drug-likeness (QED) is 0.430. The third kappa shape index (κ3) is 3.82. The second-order valence-electron chi connectivity index (χ2n) is 4.62. The molecule has 1 aliphatic rings. The Hall–Kier alpha value is -2.34. The van der Waals surface area contributed by atoms with E-state index in [1.807, 2.05) is 23.1 Å². The van der Waals surface area contributed by atoms with Crippen LogP contribution < -0.4 is 10.6 Å². The van der Waals surface area contributed by atoms with Crippen LogP contribution in [-0.4, -0.2) is 50.3 Å². The summed E-state index contributed by atoms with van der Waals surface area (Å²) in [6.07, 6.45) is 1.18. The standard InChI is InChI=1S/C15H20N4O2/c1-21-14(13(11-16)19-9-7-17-8-10-19)15(20)18-12-5-3-2-4-6-12/h2-6,11,16-17H,7-10H2,1H3,(H,18,20)/b14-13-,16-11?. The van der Waals surface area contributed by atoms with Crippen molar-refractivity contribution in [3.05, 3.63) is 41.8 Å². The van der Waals surface area contributed by atoms with Gasteiger partial charge in [-0.2, -0.15) is 0 Å². The van der Waals surface area contributed by atoms with E-state index in [4.69, 9.17) is 10.1 Å². The maximum Gasteiger partial charge on any atom is 0.292 e. The Balaban J connectivity index is 2.20. The molecule has 0 spiro atoms. The maximum absolute atomic E-state index is 12.3. The smallest absolute Gasteiger partial charge is 0.292 e. The molecule has 0 aromatic heterocycles. The van der Waals surface area contributed by atoms with Crippen molar-refractivity contribution in [2.75, 3.05) is 38.6 Å². The Bertz CT molecular complexity index is 522. The van der Waals surface area contributed by atoms with Gasteiger partial charge in [0.1, 0.15) is 5.70 Å². The molecule has 0 atom stereocenters. The van der Waals surface area contributed by atoms with Gasteiger partial charge in [-0.3, -0.25) is 4.79 Å². The first-order valence-corrected chi connectivity index (χ1v) is 6.87. The van der Waals surface area contributed by atoms with Crippen LogP contribution >= 0.6 is 0 Å². The summed E-state index contributed by atoms with van der Waals surface area (Å²) in [6.45, 7) is 3.15. The van der Waals surface area contributed by atoms with Gasteiger partial charge in [-0.15, -0.1) is 0 Å². The number of carbonyl (C=O) groups excluding carboxylic acids is 1. The summed E-state index contributed by atoms with van der Waals surface area (Å²) in [7, 11) is 1.45. The molecule has 112 valence electrons. The molecule has 0 saturated carbocycles. The molecule has 3 N–H and O–H groups in total. The highest BCUT2D eigenvalue weighted by atomic mass is 16.5. The second-order valence-corrected chi connectivity index (χ2v) is 4.62. The third-order valence-corrected chi connectivity index (χ3v) is 3.27. The number of anilines is 1. The molecule has 6 nitrogen and oxygen atoms in total. The second kappa shape index (κ2) is 7.44. The number of hydrogen-bond acceptors (Lipinski definition) is 5. The van der Waals surface area contributed by atoms with Gasteiger partial charge in [-0.1, -0.05) is 18.2 Å². The van der Waals surface area contributed by atoms with Crippen molar-refractivity contribution in [1.29, 1.82) is 5.41 Å². The fraction of sp³-hybridized carbons (Fsp3) is 0.333. The number of piperazine rings is 1. The molecule has 1 aromatic rings. The molecule has 0 unspecified atom stereocenters. The summed E-state index contributed by atoms with van der Waals surface area (Å²) < 4.78 is 5.24. The number of rotatable bonds is 5. The van der Waals surface area contributed by atoms with Crippen LogP contribution in [0.4, 0.5) is 5.69 Å². The Morgan fingerprint density at radius 1 is 1.33 bits per heavy atom. The summed E-state index contributed by atoms with van der Waals surface area (Å²) in [5.74, 6) is -0.184. The topological polar surface area (TPSA) is 77.5 Å². The molecule has 0 bridgehead atoms. The molecule has 0 aliphatic carbocycles. The molecular formula is C15H20N4O2. The van der Waals surface area contributed by atoms with Crippen LogP contribution in [0.2, 0.25) is 0 Å².